The SMILES string of the molecule is Nc1cccc(F)c1NC(=O)c1c[nH]ccc1=O. The summed E-state index contributed by atoms with van der Waals surface area (Å²) in [7, 11) is 0. The zero-order valence-electron chi connectivity index (χ0n) is 9.24. The van der Waals surface area contributed by atoms with E-state index < -0.39 is 17.2 Å². The molecule has 0 aliphatic heterocycles. The molecule has 0 fully saturated rings. The van der Waals surface area contributed by atoms with Gasteiger partial charge in [-0.2, -0.15) is 0 Å². The van der Waals surface area contributed by atoms with Gasteiger partial charge in [0.05, 0.1) is 5.69 Å². The van der Waals surface area contributed by atoms with Gasteiger partial charge in [-0.1, -0.05) is 6.07 Å². The van der Waals surface area contributed by atoms with Gasteiger partial charge in [0.25, 0.3) is 5.91 Å². The van der Waals surface area contributed by atoms with Crippen molar-refractivity contribution in [2.45, 2.75) is 0 Å². The molecule has 1 heterocycles. The number of nitrogens with two attached hydrogens (primary N) is 1. The molecule has 0 bridgehead atoms. The quantitative estimate of drug-likeness (QED) is 0.700. The number of hydrogen-bond acceptors (Lipinski definition) is 3. The van der Waals surface area contributed by atoms with Crippen LogP contribution in [0.25, 0.3) is 0 Å². The summed E-state index contributed by atoms with van der Waals surface area (Å²) < 4.78 is 13.4. The third-order valence-corrected chi connectivity index (χ3v) is 2.35. The summed E-state index contributed by atoms with van der Waals surface area (Å²) in [5, 5.41) is 2.28. The highest BCUT2D eigenvalue weighted by Crippen LogP contribution is 2.21. The number of H-pyrrole nitrogens is 1. The summed E-state index contributed by atoms with van der Waals surface area (Å²) in [4.78, 5) is 25.8. The molecule has 92 valence electrons. The number of amides is 1. The van der Waals surface area contributed by atoms with Crippen LogP contribution >= 0.6 is 0 Å². The highest BCUT2D eigenvalue weighted by Gasteiger charge is 2.13. The zero-order chi connectivity index (χ0) is 13.1. The van der Waals surface area contributed by atoms with Crippen molar-refractivity contribution in [1.29, 1.82) is 0 Å². The summed E-state index contributed by atoms with van der Waals surface area (Å²) in [5.41, 5.74) is 4.94. The fraction of sp³-hybridized carbons (Fsp3) is 0. The van der Waals surface area contributed by atoms with E-state index in [2.05, 4.69) is 10.3 Å². The summed E-state index contributed by atoms with van der Waals surface area (Å²) in [6.07, 6.45) is 2.64. The lowest BCUT2D eigenvalue weighted by Crippen LogP contribution is -2.21. The molecule has 4 N–H and O–H groups in total. The van der Waals surface area contributed by atoms with Gasteiger partial charge >= 0.3 is 0 Å². The van der Waals surface area contributed by atoms with E-state index in [-0.39, 0.29) is 16.9 Å². The molecule has 0 saturated heterocycles. The van der Waals surface area contributed by atoms with Crippen molar-refractivity contribution in [3.63, 3.8) is 0 Å². The predicted molar refractivity (Wildman–Crippen MR) is 65.8 cm³/mol. The Hall–Kier alpha value is -2.63. The van der Waals surface area contributed by atoms with Crippen LogP contribution in [-0.2, 0) is 0 Å². The number of benzene rings is 1. The first-order valence-electron chi connectivity index (χ1n) is 5.12. The van der Waals surface area contributed by atoms with Crippen molar-refractivity contribution in [1.82, 2.24) is 4.98 Å². The van der Waals surface area contributed by atoms with Crippen LogP contribution < -0.4 is 16.5 Å². The van der Waals surface area contributed by atoms with E-state index in [9.17, 15) is 14.0 Å². The Kier molecular flexibility index (Phi) is 3.09. The number of hydrogen-bond donors (Lipinski definition) is 3. The minimum absolute atomic E-state index is 0.0932. The van der Waals surface area contributed by atoms with Gasteiger partial charge in [0.15, 0.2) is 5.43 Å². The van der Waals surface area contributed by atoms with Crippen molar-refractivity contribution >= 4 is 17.3 Å². The number of nitrogens with one attached hydrogen (secondary N) is 2. The monoisotopic (exact) mass is 247 g/mol. The summed E-state index contributed by atoms with van der Waals surface area (Å²) in [6.45, 7) is 0. The fourth-order valence-corrected chi connectivity index (χ4v) is 1.45. The molecule has 18 heavy (non-hydrogen) atoms. The van der Waals surface area contributed by atoms with Crippen molar-refractivity contribution < 1.29 is 9.18 Å². The summed E-state index contributed by atoms with van der Waals surface area (Å²) in [6, 6.07) is 5.25. The first-order chi connectivity index (χ1) is 8.59. The number of aromatic amines is 1. The summed E-state index contributed by atoms with van der Waals surface area (Å²) >= 11 is 0. The molecular weight excluding hydrogens is 237 g/mol. The first kappa shape index (κ1) is 11.8. The number of carbonyl (C=O) groups is 1. The maximum Gasteiger partial charge on any atom is 0.261 e. The number of pyridine rings is 1. The molecule has 6 heteroatoms. The van der Waals surface area contributed by atoms with E-state index in [4.69, 9.17) is 5.73 Å². The lowest BCUT2D eigenvalue weighted by atomic mass is 10.2. The van der Waals surface area contributed by atoms with Crippen LogP contribution in [0.15, 0.2) is 41.5 Å². The number of para-hydroxylation sites is 1. The molecule has 1 aromatic heterocycles. The minimum Gasteiger partial charge on any atom is -0.397 e. The second kappa shape index (κ2) is 4.70. The van der Waals surface area contributed by atoms with Crippen molar-refractivity contribution in [2.24, 2.45) is 0 Å². The standard InChI is InChI=1S/C12H10FN3O2/c13-8-2-1-3-9(14)11(8)16-12(18)7-6-15-5-4-10(7)17/h1-6H,14H2,(H,15,17)(H,16,18). The lowest BCUT2D eigenvalue weighted by Gasteiger charge is -2.08. The molecule has 2 rings (SSSR count). The van der Waals surface area contributed by atoms with Gasteiger partial charge in [0, 0.05) is 18.5 Å². The van der Waals surface area contributed by atoms with Gasteiger partial charge < -0.3 is 16.0 Å². The molecule has 0 saturated carbocycles. The van der Waals surface area contributed by atoms with E-state index in [0.29, 0.717) is 0 Å². The van der Waals surface area contributed by atoms with Crippen LogP contribution in [0.1, 0.15) is 10.4 Å². The summed E-state index contributed by atoms with van der Waals surface area (Å²) in [5.74, 6) is -1.37. The van der Waals surface area contributed by atoms with Crippen molar-refractivity contribution in [3.05, 3.63) is 58.3 Å². The van der Waals surface area contributed by atoms with Crippen molar-refractivity contribution in [3.8, 4) is 0 Å². The molecule has 0 unspecified atom stereocenters. The van der Waals surface area contributed by atoms with Crippen LogP contribution in [0.2, 0.25) is 0 Å². The molecule has 0 aliphatic carbocycles. The van der Waals surface area contributed by atoms with E-state index in [1.807, 2.05) is 0 Å². The minimum atomic E-state index is -0.714. The maximum atomic E-state index is 13.4. The second-order valence-corrected chi connectivity index (χ2v) is 3.58. The van der Waals surface area contributed by atoms with Crippen LogP contribution in [0, 0.1) is 5.82 Å². The normalized spacial score (nSPS) is 10.1. The third-order valence-electron chi connectivity index (χ3n) is 2.35. The first-order valence-corrected chi connectivity index (χ1v) is 5.12. The van der Waals surface area contributed by atoms with Gasteiger partial charge in [0.1, 0.15) is 17.1 Å². The number of halogens is 1. The average Bonchev–Trinajstić information content (AvgIpc) is 2.34. The van der Waals surface area contributed by atoms with Gasteiger partial charge in [-0.15, -0.1) is 0 Å². The molecule has 0 atom stereocenters. The Labute approximate surface area is 101 Å². The van der Waals surface area contributed by atoms with Crippen LogP contribution in [0.4, 0.5) is 15.8 Å². The fourth-order valence-electron chi connectivity index (χ4n) is 1.45. The van der Waals surface area contributed by atoms with E-state index in [1.54, 1.807) is 0 Å². The molecule has 2 aromatic rings. The molecule has 1 aromatic carbocycles. The number of aromatic nitrogens is 1. The van der Waals surface area contributed by atoms with Crippen LogP contribution in [0.5, 0.6) is 0 Å². The van der Waals surface area contributed by atoms with Gasteiger partial charge in [-0.05, 0) is 12.1 Å². The highest BCUT2D eigenvalue weighted by molar-refractivity contribution is 6.05. The molecule has 0 aliphatic rings. The topological polar surface area (TPSA) is 88.0 Å². The molecular formula is C12H10FN3O2. The zero-order valence-corrected chi connectivity index (χ0v) is 9.24. The van der Waals surface area contributed by atoms with Crippen LogP contribution in [0.3, 0.4) is 0 Å². The highest BCUT2D eigenvalue weighted by atomic mass is 19.1. The predicted octanol–water partition coefficient (Wildman–Crippen LogP) is 1.35. The lowest BCUT2D eigenvalue weighted by molar-refractivity contribution is 0.102. The molecule has 1 amide bonds. The second-order valence-electron chi connectivity index (χ2n) is 3.58. The Morgan fingerprint density at radius 3 is 2.78 bits per heavy atom. The Morgan fingerprint density at radius 1 is 1.33 bits per heavy atom. The molecule has 5 nitrogen and oxygen atoms in total. The molecule has 0 spiro atoms. The largest absolute Gasteiger partial charge is 0.397 e. The van der Waals surface area contributed by atoms with Gasteiger partial charge in [-0.25, -0.2) is 4.39 Å². The maximum absolute atomic E-state index is 13.4. The Balaban J connectivity index is 2.33. The molecule has 0 radical (unpaired) electrons. The number of anilines is 2. The Bertz CT molecular complexity index is 632. The van der Waals surface area contributed by atoms with E-state index >= 15 is 0 Å². The number of carbonyl (C=O) groups excluding carboxylic acids is 1. The smallest absolute Gasteiger partial charge is 0.261 e. The van der Waals surface area contributed by atoms with E-state index in [0.717, 1.165) is 0 Å². The number of nitrogen functional groups attached to an aromatic ring is 1. The van der Waals surface area contributed by atoms with Crippen molar-refractivity contribution in [2.75, 3.05) is 11.1 Å². The van der Waals surface area contributed by atoms with E-state index in [1.165, 1.54) is 36.7 Å². The van der Waals surface area contributed by atoms with Gasteiger partial charge in [0.2, 0.25) is 0 Å². The average molecular weight is 247 g/mol. The van der Waals surface area contributed by atoms with Gasteiger partial charge in [-0.3, -0.25) is 9.59 Å². The third kappa shape index (κ3) is 2.22. The van der Waals surface area contributed by atoms with Crippen LogP contribution in [-0.4, -0.2) is 10.9 Å². The number of rotatable bonds is 2. The Morgan fingerprint density at radius 2 is 2.11 bits per heavy atom.